The van der Waals surface area contributed by atoms with E-state index in [4.69, 9.17) is 9.15 Å². The van der Waals surface area contributed by atoms with Crippen molar-refractivity contribution in [2.75, 3.05) is 10.2 Å². The third-order valence-corrected chi connectivity index (χ3v) is 6.95. The van der Waals surface area contributed by atoms with Gasteiger partial charge in [-0.05, 0) is 48.2 Å². The van der Waals surface area contributed by atoms with Crippen LogP contribution in [0.5, 0.6) is 11.5 Å². The molecule has 0 fully saturated rings. The van der Waals surface area contributed by atoms with Gasteiger partial charge in [0.15, 0.2) is 17.3 Å². The second-order valence-corrected chi connectivity index (χ2v) is 11.1. The van der Waals surface area contributed by atoms with Crippen molar-refractivity contribution in [2.24, 2.45) is 11.3 Å². The van der Waals surface area contributed by atoms with Crippen LogP contribution in [0, 0.1) is 23.0 Å². The summed E-state index contributed by atoms with van der Waals surface area (Å²) in [6.07, 6.45) is 0.791. The molecule has 204 valence electrons. The zero-order valence-electron chi connectivity index (χ0n) is 22.2. The number of aromatic hydroxyl groups is 1. The van der Waals surface area contributed by atoms with Gasteiger partial charge in [-0.25, -0.2) is 8.78 Å². The van der Waals surface area contributed by atoms with Gasteiger partial charge in [-0.3, -0.25) is 14.5 Å². The highest BCUT2D eigenvalue weighted by molar-refractivity contribution is 6.07. The third-order valence-electron chi connectivity index (χ3n) is 6.95. The molecule has 7 nitrogen and oxygen atoms in total. The minimum absolute atomic E-state index is 0.0488. The molecule has 1 aliphatic carbocycles. The Kier molecular flexibility index (Phi) is 6.70. The smallest absolute Gasteiger partial charge is 0.230 e. The number of hydrogen-bond donors (Lipinski definition) is 2. The SMILES string of the molecule is CC(C)C(=O)N1c2cccc(O)c2NC2=C(C(=O)CC(C)(C)C2)C1c1ccc(COc2ccc(F)cc2F)o1. The van der Waals surface area contributed by atoms with E-state index < -0.39 is 23.6 Å². The van der Waals surface area contributed by atoms with Gasteiger partial charge in [-0.2, -0.15) is 0 Å². The van der Waals surface area contributed by atoms with E-state index in [1.807, 2.05) is 13.8 Å². The van der Waals surface area contributed by atoms with Gasteiger partial charge in [0.2, 0.25) is 5.91 Å². The highest BCUT2D eigenvalue weighted by atomic mass is 19.1. The van der Waals surface area contributed by atoms with E-state index in [1.165, 1.54) is 17.0 Å². The summed E-state index contributed by atoms with van der Waals surface area (Å²) in [5.41, 5.74) is 1.43. The maximum Gasteiger partial charge on any atom is 0.230 e. The Morgan fingerprint density at radius 1 is 1.18 bits per heavy atom. The first-order valence-electron chi connectivity index (χ1n) is 12.8. The summed E-state index contributed by atoms with van der Waals surface area (Å²) in [5.74, 6) is -1.92. The Labute approximate surface area is 225 Å². The molecule has 2 aromatic carbocycles. The van der Waals surface area contributed by atoms with Gasteiger partial charge in [0, 0.05) is 29.7 Å². The number of allylic oxidation sites excluding steroid dienone is 1. The number of phenolic OH excluding ortho intramolecular Hbond substituents is 1. The number of benzene rings is 2. The molecular formula is C30H30F2N2O5. The number of anilines is 2. The average Bonchev–Trinajstić information content (AvgIpc) is 3.26. The molecular weight excluding hydrogens is 506 g/mol. The first-order chi connectivity index (χ1) is 18.4. The summed E-state index contributed by atoms with van der Waals surface area (Å²) < 4.78 is 39.0. The van der Waals surface area contributed by atoms with Crippen molar-refractivity contribution in [1.82, 2.24) is 0 Å². The highest BCUT2D eigenvalue weighted by Crippen LogP contribution is 2.50. The number of Topliss-reactive ketones (excluding diaryl/α,β-unsaturated/α-hetero) is 1. The Balaban J connectivity index is 1.62. The van der Waals surface area contributed by atoms with Crippen molar-refractivity contribution in [2.45, 2.75) is 53.2 Å². The number of fused-ring (bicyclic) bond motifs is 1. The quantitative estimate of drug-likeness (QED) is 0.355. The second kappa shape index (κ2) is 9.87. The molecule has 1 aliphatic heterocycles. The molecule has 1 aromatic heterocycles. The fourth-order valence-electron chi connectivity index (χ4n) is 5.19. The number of nitrogens with one attached hydrogen (secondary N) is 1. The topological polar surface area (TPSA) is 92.0 Å². The van der Waals surface area contributed by atoms with Crippen molar-refractivity contribution >= 4 is 23.1 Å². The number of ether oxygens (including phenoxy) is 1. The van der Waals surface area contributed by atoms with Crippen LogP contribution in [0.1, 0.15) is 58.1 Å². The van der Waals surface area contributed by atoms with Crippen LogP contribution in [0.25, 0.3) is 0 Å². The number of rotatable bonds is 5. The van der Waals surface area contributed by atoms with Gasteiger partial charge in [0.05, 0.1) is 5.69 Å². The molecule has 0 spiro atoms. The molecule has 0 radical (unpaired) electrons. The minimum Gasteiger partial charge on any atom is -0.506 e. The van der Waals surface area contributed by atoms with Crippen LogP contribution in [0.4, 0.5) is 20.2 Å². The highest BCUT2D eigenvalue weighted by Gasteiger charge is 2.45. The molecule has 1 amide bonds. The maximum absolute atomic E-state index is 14.1. The Hall–Kier alpha value is -4.14. The van der Waals surface area contributed by atoms with Crippen LogP contribution in [0.3, 0.4) is 0 Å². The van der Waals surface area contributed by atoms with Gasteiger partial charge in [0.25, 0.3) is 0 Å². The lowest BCUT2D eigenvalue weighted by Crippen LogP contribution is -2.41. The summed E-state index contributed by atoms with van der Waals surface area (Å²) >= 11 is 0. The zero-order valence-corrected chi connectivity index (χ0v) is 22.2. The molecule has 2 N–H and O–H groups in total. The lowest BCUT2D eigenvalue weighted by atomic mass is 9.74. The van der Waals surface area contributed by atoms with Crippen molar-refractivity contribution < 1.29 is 32.6 Å². The van der Waals surface area contributed by atoms with E-state index in [0.717, 1.165) is 12.1 Å². The number of hydrogen-bond acceptors (Lipinski definition) is 6. The van der Waals surface area contributed by atoms with E-state index in [9.17, 15) is 23.5 Å². The number of furan rings is 1. The van der Waals surface area contributed by atoms with Gasteiger partial charge < -0.3 is 19.6 Å². The number of halogens is 2. The number of amides is 1. The molecule has 2 aliphatic rings. The summed E-state index contributed by atoms with van der Waals surface area (Å²) in [4.78, 5) is 29.0. The Morgan fingerprint density at radius 3 is 2.67 bits per heavy atom. The third kappa shape index (κ3) is 5.01. The van der Waals surface area contributed by atoms with Crippen molar-refractivity contribution in [3.8, 4) is 11.5 Å². The van der Waals surface area contributed by atoms with E-state index in [1.54, 1.807) is 38.1 Å². The summed E-state index contributed by atoms with van der Waals surface area (Å²) in [5, 5.41) is 14.1. The van der Waals surface area contributed by atoms with Crippen LogP contribution in [0.15, 0.2) is 64.2 Å². The minimum atomic E-state index is -0.912. The van der Waals surface area contributed by atoms with E-state index in [2.05, 4.69) is 5.32 Å². The average molecular weight is 537 g/mol. The van der Waals surface area contributed by atoms with Gasteiger partial charge in [-0.1, -0.05) is 33.8 Å². The molecule has 1 unspecified atom stereocenters. The maximum atomic E-state index is 14.1. The normalized spacial score (nSPS) is 18.4. The first kappa shape index (κ1) is 26.5. The van der Waals surface area contributed by atoms with Crippen LogP contribution in [-0.2, 0) is 16.2 Å². The molecule has 3 aromatic rings. The van der Waals surface area contributed by atoms with Crippen LogP contribution in [-0.4, -0.2) is 16.8 Å². The van der Waals surface area contributed by atoms with E-state index in [0.29, 0.717) is 40.6 Å². The predicted molar refractivity (Wildman–Crippen MR) is 141 cm³/mol. The zero-order chi connectivity index (χ0) is 28.1. The summed E-state index contributed by atoms with van der Waals surface area (Å²) in [7, 11) is 0. The molecule has 0 saturated heterocycles. The summed E-state index contributed by atoms with van der Waals surface area (Å²) in [6, 6.07) is 10.3. The van der Waals surface area contributed by atoms with Crippen LogP contribution < -0.4 is 15.0 Å². The second-order valence-electron chi connectivity index (χ2n) is 11.1. The standard InChI is InChI=1S/C30H30F2N2O5/c1-16(2)29(37)34-21-6-5-7-22(35)27(21)33-20-13-30(3,4)14-23(36)26(20)28(34)25-11-9-18(39-25)15-38-24-10-8-17(31)12-19(24)32/h5-12,16,28,33,35H,13-15H2,1-4H3. The van der Waals surface area contributed by atoms with Crippen LogP contribution >= 0.6 is 0 Å². The molecule has 39 heavy (non-hydrogen) atoms. The lowest BCUT2D eigenvalue weighted by Gasteiger charge is -2.36. The van der Waals surface area contributed by atoms with Crippen LogP contribution in [0.2, 0.25) is 0 Å². The van der Waals surface area contributed by atoms with E-state index >= 15 is 0 Å². The number of carbonyl (C=O) groups is 2. The molecule has 2 heterocycles. The largest absolute Gasteiger partial charge is 0.506 e. The molecule has 9 heteroatoms. The molecule has 0 bridgehead atoms. The first-order valence-corrected chi connectivity index (χ1v) is 12.8. The summed E-state index contributed by atoms with van der Waals surface area (Å²) in [6.45, 7) is 7.36. The number of para-hydroxylation sites is 1. The Morgan fingerprint density at radius 2 is 1.95 bits per heavy atom. The van der Waals surface area contributed by atoms with Crippen molar-refractivity contribution in [1.29, 1.82) is 0 Å². The van der Waals surface area contributed by atoms with Gasteiger partial charge >= 0.3 is 0 Å². The molecule has 5 rings (SSSR count). The van der Waals surface area contributed by atoms with Gasteiger partial charge in [0.1, 0.15) is 41.4 Å². The van der Waals surface area contributed by atoms with E-state index in [-0.39, 0.29) is 41.6 Å². The van der Waals surface area contributed by atoms with Crippen molar-refractivity contribution in [3.05, 3.63) is 83.0 Å². The predicted octanol–water partition coefficient (Wildman–Crippen LogP) is 6.64. The fraction of sp³-hybridized carbons (Fsp3) is 0.333. The van der Waals surface area contributed by atoms with Crippen molar-refractivity contribution in [3.63, 3.8) is 0 Å². The number of phenols is 1. The van der Waals surface area contributed by atoms with Gasteiger partial charge in [-0.15, -0.1) is 0 Å². The monoisotopic (exact) mass is 536 g/mol. The molecule has 1 atom stereocenters. The number of carbonyl (C=O) groups excluding carboxylic acids is 2. The lowest BCUT2D eigenvalue weighted by molar-refractivity contribution is -0.122. The number of nitrogens with zero attached hydrogens (tertiary/aromatic N) is 1. The number of ketones is 1. The fourth-order valence-corrected chi connectivity index (χ4v) is 5.19. The molecule has 0 saturated carbocycles. The Bertz CT molecular complexity index is 1490.